The first-order valence-corrected chi connectivity index (χ1v) is 14.1. The Morgan fingerprint density at radius 3 is 0.656 bits per heavy atom. The van der Waals surface area contributed by atoms with Crippen molar-refractivity contribution in [3.63, 3.8) is 0 Å². The van der Waals surface area contributed by atoms with Crippen molar-refractivity contribution in [3.8, 4) is 6.07 Å². The van der Waals surface area contributed by atoms with Gasteiger partial charge in [0.15, 0.2) is 0 Å². The van der Waals surface area contributed by atoms with Gasteiger partial charge in [0.05, 0.1) is 6.07 Å². The van der Waals surface area contributed by atoms with E-state index in [9.17, 15) is 0 Å². The summed E-state index contributed by atoms with van der Waals surface area (Å²) in [5, 5.41) is 25.1. The predicted octanol–water partition coefficient (Wildman–Crippen LogP) is 5.43. The summed E-state index contributed by atoms with van der Waals surface area (Å²) in [6.07, 6.45) is 0. The fourth-order valence-electron chi connectivity index (χ4n) is 3.58. The van der Waals surface area contributed by atoms with E-state index in [0.29, 0.717) is 0 Å². The number of carboxylic acids is 2. The molecule has 32 heavy (non-hydrogen) atoms. The van der Waals surface area contributed by atoms with E-state index in [1.807, 2.05) is 0 Å². The SMILES string of the molecule is CC#N.CC(=O)[O-].CC(=O)[O-].CC(C)P(C(C)C)C(C)C.CC(C)P(C(C)C)C(C)C.[Pd+2]. The Hall–Kier alpha value is -0.0477. The van der Waals surface area contributed by atoms with Crippen LogP contribution < -0.4 is 10.2 Å². The van der Waals surface area contributed by atoms with Gasteiger partial charge in [-0.25, -0.2) is 0 Å². The molecule has 0 fully saturated rings. The molecule has 0 aromatic heterocycles. The molecule has 0 aliphatic heterocycles. The minimum Gasteiger partial charge on any atom is -0.550 e. The van der Waals surface area contributed by atoms with Crippen LogP contribution in [0.4, 0.5) is 0 Å². The molecule has 196 valence electrons. The number of hydrogen-bond acceptors (Lipinski definition) is 5. The van der Waals surface area contributed by atoms with Crippen molar-refractivity contribution in [1.29, 1.82) is 5.26 Å². The fraction of sp³-hybridized carbons (Fsp3) is 0.875. The van der Waals surface area contributed by atoms with Gasteiger partial charge in [0.1, 0.15) is 0 Å². The van der Waals surface area contributed by atoms with E-state index in [0.717, 1.165) is 47.8 Å². The number of nitriles is 1. The Labute approximate surface area is 216 Å². The molecular weight excluding hydrogens is 535 g/mol. The molecule has 0 N–H and O–H groups in total. The van der Waals surface area contributed by atoms with Crippen LogP contribution in [0.15, 0.2) is 0 Å². The van der Waals surface area contributed by atoms with E-state index in [1.54, 1.807) is 6.07 Å². The molecule has 0 saturated carbocycles. The maximum atomic E-state index is 8.89. The normalized spacial score (nSPS) is 9.69. The van der Waals surface area contributed by atoms with Gasteiger partial charge >= 0.3 is 20.4 Å². The van der Waals surface area contributed by atoms with Crippen LogP contribution in [0.3, 0.4) is 0 Å². The van der Waals surface area contributed by atoms with Gasteiger partial charge in [-0.15, -0.1) is 0 Å². The van der Waals surface area contributed by atoms with Gasteiger partial charge in [-0.2, -0.15) is 5.26 Å². The summed E-state index contributed by atoms with van der Waals surface area (Å²) in [5.41, 5.74) is 5.39. The topological polar surface area (TPSA) is 104 Å². The molecule has 0 spiro atoms. The van der Waals surface area contributed by atoms with Crippen LogP contribution in [0.5, 0.6) is 0 Å². The number of rotatable bonds is 6. The molecular formula is C24H51NO4P2Pd. The Morgan fingerprint density at radius 1 is 0.594 bits per heavy atom. The summed E-state index contributed by atoms with van der Waals surface area (Å²) in [5.74, 6) is -2.17. The number of carbonyl (C=O) groups excluding carboxylic acids is 2. The van der Waals surface area contributed by atoms with Gasteiger partial charge in [0.25, 0.3) is 0 Å². The van der Waals surface area contributed by atoms with Crippen molar-refractivity contribution >= 4 is 27.8 Å². The zero-order valence-corrected chi connectivity index (χ0v) is 26.6. The summed E-state index contributed by atoms with van der Waals surface area (Å²) in [6, 6.07) is 1.75. The number of carbonyl (C=O) groups is 2. The summed E-state index contributed by atoms with van der Waals surface area (Å²) in [7, 11) is 0.525. The molecule has 5 nitrogen and oxygen atoms in total. The summed E-state index contributed by atoms with van der Waals surface area (Å²) < 4.78 is 0. The van der Waals surface area contributed by atoms with Crippen molar-refractivity contribution in [2.24, 2.45) is 0 Å². The van der Waals surface area contributed by atoms with Crippen LogP contribution in [-0.2, 0) is 30.0 Å². The van der Waals surface area contributed by atoms with Crippen molar-refractivity contribution < 1.29 is 40.2 Å². The first-order valence-electron chi connectivity index (χ1n) is 11.0. The minimum atomic E-state index is -1.08. The van der Waals surface area contributed by atoms with E-state index in [-0.39, 0.29) is 36.3 Å². The molecule has 0 rings (SSSR count). The van der Waals surface area contributed by atoms with Crippen LogP contribution >= 0.6 is 15.8 Å². The second-order valence-corrected chi connectivity index (χ2v) is 16.6. The van der Waals surface area contributed by atoms with Crippen LogP contribution in [0.2, 0.25) is 0 Å². The van der Waals surface area contributed by atoms with Gasteiger partial charge in [-0.1, -0.05) is 98.9 Å². The molecule has 0 atom stereocenters. The molecule has 0 aliphatic rings. The van der Waals surface area contributed by atoms with Gasteiger partial charge in [-0.3, -0.25) is 0 Å². The third-order valence-corrected chi connectivity index (χ3v) is 10.7. The van der Waals surface area contributed by atoms with Crippen molar-refractivity contribution in [2.75, 3.05) is 0 Å². The van der Waals surface area contributed by atoms with Crippen molar-refractivity contribution in [1.82, 2.24) is 0 Å². The monoisotopic (exact) mass is 585 g/mol. The van der Waals surface area contributed by atoms with Gasteiger partial charge < -0.3 is 19.8 Å². The summed E-state index contributed by atoms with van der Waals surface area (Å²) >= 11 is 0. The average molecular weight is 586 g/mol. The number of nitrogens with zero attached hydrogens (tertiary/aromatic N) is 1. The van der Waals surface area contributed by atoms with Crippen molar-refractivity contribution in [3.05, 3.63) is 0 Å². The average Bonchev–Trinajstić information content (AvgIpc) is 2.43. The standard InChI is InChI=1S/2C9H21P.C2H3N.2C2H4O2.Pd/c2*1-7(2)10(8(3)4)9(5)6;1-2-3;2*1-2(3)4;/h2*7-9H,1-6H3;1H3;2*1H3,(H,3,4);/q;;;;;+2/p-2. The largest absolute Gasteiger partial charge is 2.00 e. The molecule has 0 amide bonds. The maximum absolute atomic E-state index is 8.89. The molecule has 0 heterocycles. The van der Waals surface area contributed by atoms with E-state index in [4.69, 9.17) is 25.1 Å². The minimum absolute atomic E-state index is 0. The van der Waals surface area contributed by atoms with Crippen LogP contribution in [-0.4, -0.2) is 45.9 Å². The summed E-state index contributed by atoms with van der Waals surface area (Å²) in [6.45, 7) is 31.6. The Kier molecular flexibility index (Phi) is 41.2. The molecule has 0 aromatic carbocycles. The van der Waals surface area contributed by atoms with E-state index in [2.05, 4.69) is 83.1 Å². The molecule has 0 radical (unpaired) electrons. The fourth-order valence-corrected chi connectivity index (χ4v) is 10.7. The summed E-state index contributed by atoms with van der Waals surface area (Å²) in [4.78, 5) is 17.8. The Balaban J connectivity index is -0.0000000716. The van der Waals surface area contributed by atoms with Crippen LogP contribution in [0.1, 0.15) is 104 Å². The quantitative estimate of drug-likeness (QED) is 0.305. The van der Waals surface area contributed by atoms with Crippen LogP contribution in [0, 0.1) is 11.3 Å². The number of aliphatic carboxylic acids is 2. The Morgan fingerprint density at radius 2 is 0.656 bits per heavy atom. The smallest absolute Gasteiger partial charge is 0.550 e. The van der Waals surface area contributed by atoms with Gasteiger partial charge in [0.2, 0.25) is 0 Å². The number of hydrogen-bond donors (Lipinski definition) is 0. The molecule has 0 bridgehead atoms. The third-order valence-electron chi connectivity index (χ3n) is 3.58. The predicted molar refractivity (Wildman–Crippen MR) is 137 cm³/mol. The van der Waals surface area contributed by atoms with Crippen LogP contribution in [0.25, 0.3) is 0 Å². The molecule has 0 saturated heterocycles. The number of carboxylic acid groups (broad SMARTS) is 2. The first kappa shape index (κ1) is 45.5. The molecule has 8 heteroatoms. The zero-order chi connectivity index (χ0) is 26.5. The van der Waals surface area contributed by atoms with Gasteiger partial charge in [-0.05, 0) is 47.8 Å². The van der Waals surface area contributed by atoms with E-state index < -0.39 is 11.9 Å². The Bertz CT molecular complexity index is 381. The second kappa shape index (κ2) is 29.0. The van der Waals surface area contributed by atoms with Gasteiger partial charge in [0, 0.05) is 18.9 Å². The first-order chi connectivity index (χ1) is 13.8. The molecule has 0 aromatic rings. The molecule has 0 aliphatic carbocycles. The zero-order valence-electron chi connectivity index (χ0n) is 23.3. The van der Waals surface area contributed by atoms with Crippen molar-refractivity contribution in [2.45, 2.75) is 138 Å². The third kappa shape index (κ3) is 43.8. The maximum Gasteiger partial charge on any atom is 2.00 e. The van der Waals surface area contributed by atoms with E-state index >= 15 is 0 Å². The van der Waals surface area contributed by atoms with E-state index in [1.165, 1.54) is 6.92 Å². The second-order valence-electron chi connectivity index (χ2n) is 8.66. The molecule has 0 unspecified atom stereocenters.